The van der Waals surface area contributed by atoms with Gasteiger partial charge in [0.1, 0.15) is 0 Å². The van der Waals surface area contributed by atoms with Gasteiger partial charge in [-0.25, -0.2) is 4.79 Å². The van der Waals surface area contributed by atoms with Crippen LogP contribution in [-0.2, 0) is 12.7 Å². The lowest BCUT2D eigenvalue weighted by atomic mass is 10.0. The fourth-order valence-corrected chi connectivity index (χ4v) is 4.01. The SMILES string of the molecule is CC(C)CCN1CCC(N(Cc2ccccc2)C(=O)Nc2cccc(C(F)(F)F)c2)CC1. The van der Waals surface area contributed by atoms with Crippen LogP contribution < -0.4 is 5.32 Å². The number of benzene rings is 2. The minimum atomic E-state index is -4.45. The van der Waals surface area contributed by atoms with E-state index in [0.717, 1.165) is 56.6 Å². The van der Waals surface area contributed by atoms with Crippen LogP contribution in [0, 0.1) is 5.92 Å². The Labute approximate surface area is 188 Å². The Hall–Kier alpha value is -2.54. The topological polar surface area (TPSA) is 35.6 Å². The molecule has 0 radical (unpaired) electrons. The number of nitrogens with zero attached hydrogens (tertiary/aromatic N) is 2. The maximum atomic E-state index is 13.2. The zero-order chi connectivity index (χ0) is 23.1. The number of hydrogen-bond donors (Lipinski definition) is 1. The highest BCUT2D eigenvalue weighted by atomic mass is 19.4. The van der Waals surface area contributed by atoms with Crippen molar-refractivity contribution < 1.29 is 18.0 Å². The van der Waals surface area contributed by atoms with Gasteiger partial charge < -0.3 is 15.1 Å². The first-order chi connectivity index (χ1) is 15.2. The standard InChI is InChI=1S/C25H32F3N3O/c1-19(2)11-14-30-15-12-23(13-16-30)31(18-20-7-4-3-5-8-20)24(32)29-22-10-6-9-21(17-22)25(26,27)28/h3-10,17,19,23H,11-16,18H2,1-2H3,(H,29,32). The molecule has 2 aromatic carbocycles. The number of alkyl halides is 3. The number of nitrogens with one attached hydrogen (secondary N) is 1. The maximum Gasteiger partial charge on any atom is 0.416 e. The highest BCUT2D eigenvalue weighted by molar-refractivity contribution is 5.89. The number of likely N-dealkylation sites (tertiary alicyclic amines) is 1. The van der Waals surface area contributed by atoms with Crippen molar-refractivity contribution in [2.75, 3.05) is 25.0 Å². The molecule has 1 aliphatic heterocycles. The molecule has 2 amide bonds. The number of urea groups is 1. The van der Waals surface area contributed by atoms with E-state index in [2.05, 4.69) is 24.1 Å². The molecule has 1 aliphatic rings. The Balaban J connectivity index is 1.71. The first kappa shape index (κ1) is 24.1. The molecule has 0 bridgehead atoms. The first-order valence-electron chi connectivity index (χ1n) is 11.2. The van der Waals surface area contributed by atoms with Gasteiger partial charge >= 0.3 is 12.2 Å². The maximum absolute atomic E-state index is 13.2. The van der Waals surface area contributed by atoms with Gasteiger partial charge in [0.05, 0.1) is 5.56 Å². The van der Waals surface area contributed by atoms with E-state index in [1.54, 1.807) is 4.90 Å². The Bertz CT molecular complexity index is 862. The molecule has 32 heavy (non-hydrogen) atoms. The van der Waals surface area contributed by atoms with E-state index in [1.165, 1.54) is 12.1 Å². The quantitative estimate of drug-likeness (QED) is 0.545. The molecule has 0 aromatic heterocycles. The van der Waals surface area contributed by atoms with E-state index in [0.29, 0.717) is 12.5 Å². The molecule has 0 atom stereocenters. The fraction of sp³-hybridized carbons (Fsp3) is 0.480. The zero-order valence-electron chi connectivity index (χ0n) is 18.7. The highest BCUT2D eigenvalue weighted by Gasteiger charge is 2.31. The van der Waals surface area contributed by atoms with Gasteiger partial charge in [-0.15, -0.1) is 0 Å². The van der Waals surface area contributed by atoms with Crippen molar-refractivity contribution >= 4 is 11.7 Å². The summed E-state index contributed by atoms with van der Waals surface area (Å²) in [5.41, 5.74) is 0.370. The van der Waals surface area contributed by atoms with Gasteiger partial charge in [-0.2, -0.15) is 13.2 Å². The first-order valence-corrected chi connectivity index (χ1v) is 11.2. The third kappa shape index (κ3) is 6.99. The van der Waals surface area contributed by atoms with Crippen molar-refractivity contribution in [1.29, 1.82) is 0 Å². The third-order valence-electron chi connectivity index (χ3n) is 5.92. The average molecular weight is 448 g/mol. The zero-order valence-corrected chi connectivity index (χ0v) is 18.7. The van der Waals surface area contributed by atoms with Crippen LogP contribution in [-0.4, -0.2) is 41.5 Å². The van der Waals surface area contributed by atoms with Crippen LogP contribution in [0.1, 0.15) is 44.2 Å². The minimum Gasteiger partial charge on any atom is -0.317 e. The van der Waals surface area contributed by atoms with Crippen molar-refractivity contribution in [1.82, 2.24) is 9.80 Å². The number of piperidine rings is 1. The van der Waals surface area contributed by atoms with Gasteiger partial charge in [-0.05, 0) is 55.5 Å². The molecule has 0 saturated carbocycles. The fourth-order valence-electron chi connectivity index (χ4n) is 4.01. The van der Waals surface area contributed by atoms with Crippen molar-refractivity contribution in [3.05, 3.63) is 65.7 Å². The van der Waals surface area contributed by atoms with Gasteiger partial charge in [0.15, 0.2) is 0 Å². The van der Waals surface area contributed by atoms with Gasteiger partial charge in [0.2, 0.25) is 0 Å². The van der Waals surface area contributed by atoms with E-state index < -0.39 is 11.7 Å². The predicted octanol–water partition coefficient (Wildman–Crippen LogP) is 6.25. The molecular formula is C25H32F3N3O. The number of hydrogen-bond acceptors (Lipinski definition) is 2. The summed E-state index contributed by atoms with van der Waals surface area (Å²) in [6, 6.07) is 14.1. The molecule has 1 fully saturated rings. The van der Waals surface area contributed by atoms with E-state index >= 15 is 0 Å². The van der Waals surface area contributed by atoms with E-state index in [-0.39, 0.29) is 17.8 Å². The lowest BCUT2D eigenvalue weighted by Gasteiger charge is -2.39. The summed E-state index contributed by atoms with van der Waals surface area (Å²) in [5, 5.41) is 2.70. The molecule has 0 unspecified atom stereocenters. The molecule has 2 aromatic rings. The van der Waals surface area contributed by atoms with Crippen molar-refractivity contribution in [3.63, 3.8) is 0 Å². The van der Waals surface area contributed by atoms with Crippen molar-refractivity contribution in [3.8, 4) is 0 Å². The lowest BCUT2D eigenvalue weighted by Crippen LogP contribution is -2.48. The molecular weight excluding hydrogens is 415 g/mol. The Morgan fingerprint density at radius 3 is 2.41 bits per heavy atom. The number of halogens is 3. The van der Waals surface area contributed by atoms with Crippen molar-refractivity contribution in [2.45, 2.75) is 51.9 Å². The van der Waals surface area contributed by atoms with E-state index in [4.69, 9.17) is 0 Å². The molecule has 174 valence electrons. The highest BCUT2D eigenvalue weighted by Crippen LogP contribution is 2.31. The molecule has 0 spiro atoms. The normalized spacial score (nSPS) is 15.7. The number of rotatable bonds is 7. The Morgan fingerprint density at radius 1 is 1.09 bits per heavy atom. The molecule has 0 aliphatic carbocycles. The smallest absolute Gasteiger partial charge is 0.317 e. The third-order valence-corrected chi connectivity index (χ3v) is 5.92. The lowest BCUT2D eigenvalue weighted by molar-refractivity contribution is -0.137. The Morgan fingerprint density at radius 2 is 1.78 bits per heavy atom. The van der Waals surface area contributed by atoms with Crippen LogP contribution in [0.15, 0.2) is 54.6 Å². The second-order valence-electron chi connectivity index (χ2n) is 8.88. The molecule has 3 rings (SSSR count). The minimum absolute atomic E-state index is 0.0382. The van der Waals surface area contributed by atoms with Gasteiger partial charge in [-0.3, -0.25) is 0 Å². The number of carbonyl (C=O) groups is 1. The summed E-state index contributed by atoms with van der Waals surface area (Å²) in [4.78, 5) is 17.4. The summed E-state index contributed by atoms with van der Waals surface area (Å²) in [5.74, 6) is 0.653. The molecule has 1 saturated heterocycles. The van der Waals surface area contributed by atoms with Crippen LogP contribution >= 0.6 is 0 Å². The van der Waals surface area contributed by atoms with Crippen molar-refractivity contribution in [2.24, 2.45) is 5.92 Å². The van der Waals surface area contributed by atoms with Gasteiger partial charge in [0.25, 0.3) is 0 Å². The van der Waals surface area contributed by atoms with Crippen LogP contribution in [0.2, 0.25) is 0 Å². The predicted molar refractivity (Wildman–Crippen MR) is 121 cm³/mol. The molecule has 4 nitrogen and oxygen atoms in total. The largest absolute Gasteiger partial charge is 0.416 e. The van der Waals surface area contributed by atoms with Gasteiger partial charge in [0, 0.05) is 31.4 Å². The summed E-state index contributed by atoms with van der Waals surface area (Å²) in [7, 11) is 0. The summed E-state index contributed by atoms with van der Waals surface area (Å²) >= 11 is 0. The van der Waals surface area contributed by atoms with Crippen LogP contribution in [0.4, 0.5) is 23.7 Å². The second kappa shape index (κ2) is 10.9. The second-order valence-corrected chi connectivity index (χ2v) is 8.88. The average Bonchev–Trinajstić information content (AvgIpc) is 2.77. The van der Waals surface area contributed by atoms with Crippen LogP contribution in [0.3, 0.4) is 0 Å². The number of anilines is 1. The Kier molecular flexibility index (Phi) is 8.18. The van der Waals surface area contributed by atoms with E-state index in [9.17, 15) is 18.0 Å². The monoisotopic (exact) mass is 447 g/mol. The molecule has 7 heteroatoms. The number of amides is 2. The summed E-state index contributed by atoms with van der Waals surface area (Å²) in [6.45, 7) is 7.74. The van der Waals surface area contributed by atoms with E-state index in [1.807, 2.05) is 30.3 Å². The molecule has 1 heterocycles. The summed E-state index contributed by atoms with van der Waals surface area (Å²) < 4.78 is 39.2. The molecule has 1 N–H and O–H groups in total. The van der Waals surface area contributed by atoms with Crippen LogP contribution in [0.5, 0.6) is 0 Å². The van der Waals surface area contributed by atoms with Gasteiger partial charge in [-0.1, -0.05) is 50.2 Å². The summed E-state index contributed by atoms with van der Waals surface area (Å²) in [6.07, 6.45) is -1.61. The van der Waals surface area contributed by atoms with Crippen LogP contribution in [0.25, 0.3) is 0 Å². The number of carbonyl (C=O) groups excluding carboxylic acids is 1.